The van der Waals surface area contributed by atoms with Crippen molar-refractivity contribution in [3.63, 3.8) is 0 Å². The number of hydrogen-bond acceptors (Lipinski definition) is 3. The van der Waals surface area contributed by atoms with Gasteiger partial charge in [0.15, 0.2) is 5.78 Å². The summed E-state index contributed by atoms with van der Waals surface area (Å²) in [5.74, 6) is -0.272. The summed E-state index contributed by atoms with van der Waals surface area (Å²) in [6, 6.07) is 0. The molecule has 0 saturated carbocycles. The number of esters is 1. The molecule has 0 radical (unpaired) electrons. The van der Waals surface area contributed by atoms with E-state index in [-0.39, 0.29) is 11.8 Å². The van der Waals surface area contributed by atoms with Crippen LogP contribution >= 0.6 is 0 Å². The lowest BCUT2D eigenvalue weighted by Crippen LogP contribution is -2.10. The molecule has 0 spiro atoms. The van der Waals surface area contributed by atoms with Crippen LogP contribution in [0.3, 0.4) is 0 Å². The van der Waals surface area contributed by atoms with Gasteiger partial charge in [0, 0.05) is 6.42 Å². The van der Waals surface area contributed by atoms with Crippen molar-refractivity contribution in [3.05, 3.63) is 23.8 Å². The Hall–Kier alpha value is -1.38. The Bertz CT molecular complexity index is 393. The zero-order chi connectivity index (χ0) is 16.0. The molecule has 22 heavy (non-hydrogen) atoms. The highest BCUT2D eigenvalue weighted by Crippen LogP contribution is 2.12. The van der Waals surface area contributed by atoms with Crippen LogP contribution in [0.5, 0.6) is 0 Å². The van der Waals surface area contributed by atoms with Crippen molar-refractivity contribution in [2.24, 2.45) is 0 Å². The summed E-state index contributed by atoms with van der Waals surface area (Å²) < 4.78 is 5.22. The third-order valence-electron chi connectivity index (χ3n) is 3.94. The first kappa shape index (κ1) is 18.7. The van der Waals surface area contributed by atoms with Gasteiger partial charge in [-0.25, -0.2) is 4.79 Å². The molecule has 3 nitrogen and oxygen atoms in total. The van der Waals surface area contributed by atoms with E-state index in [1.165, 1.54) is 57.4 Å². The van der Waals surface area contributed by atoms with Crippen LogP contribution < -0.4 is 0 Å². The largest absolute Gasteiger partial charge is 0.462 e. The molecule has 124 valence electrons. The summed E-state index contributed by atoms with van der Waals surface area (Å²) in [6.45, 7) is 2.72. The number of ketones is 1. The lowest BCUT2D eigenvalue weighted by atomic mass is 10.1. The van der Waals surface area contributed by atoms with Crippen LogP contribution in [0.25, 0.3) is 0 Å². The van der Waals surface area contributed by atoms with Gasteiger partial charge in [-0.2, -0.15) is 0 Å². The number of ether oxygens (including phenoxy) is 1. The highest BCUT2D eigenvalue weighted by Gasteiger charge is 2.12. The molecule has 3 heteroatoms. The molecule has 0 saturated heterocycles. The summed E-state index contributed by atoms with van der Waals surface area (Å²) in [7, 11) is 0. The molecule has 0 heterocycles. The predicted octanol–water partition coefficient (Wildman–Crippen LogP) is 4.91. The minimum Gasteiger partial charge on any atom is -0.462 e. The van der Waals surface area contributed by atoms with Gasteiger partial charge in [0.1, 0.15) is 0 Å². The van der Waals surface area contributed by atoms with Crippen LogP contribution in [0.2, 0.25) is 0 Å². The molecule has 0 aromatic rings. The summed E-state index contributed by atoms with van der Waals surface area (Å²) in [5, 5.41) is 0. The topological polar surface area (TPSA) is 43.4 Å². The molecule has 0 unspecified atom stereocenters. The Morgan fingerprint density at radius 3 is 2.09 bits per heavy atom. The Morgan fingerprint density at radius 2 is 1.55 bits per heavy atom. The Kier molecular flexibility index (Phi) is 10.3. The van der Waals surface area contributed by atoms with E-state index < -0.39 is 0 Å². The second-order valence-electron chi connectivity index (χ2n) is 5.98. The van der Waals surface area contributed by atoms with Crippen molar-refractivity contribution in [1.29, 1.82) is 0 Å². The van der Waals surface area contributed by atoms with Crippen LogP contribution in [0.4, 0.5) is 0 Å². The molecular formula is C19H30O3. The van der Waals surface area contributed by atoms with Crippen LogP contribution in [0.15, 0.2) is 23.8 Å². The van der Waals surface area contributed by atoms with E-state index in [4.69, 9.17) is 4.74 Å². The third kappa shape index (κ3) is 8.81. The highest BCUT2D eigenvalue weighted by molar-refractivity contribution is 6.00. The third-order valence-corrected chi connectivity index (χ3v) is 3.94. The molecule has 0 aromatic carbocycles. The molecule has 0 bridgehead atoms. The standard InChI is InChI=1S/C19H30O3/c1-2-3-4-5-6-7-8-9-10-11-16-22-19(21)17-12-14-18(20)15-13-17/h12-14H,2-11,15-16H2,1H3. The quantitative estimate of drug-likeness (QED) is 0.380. The first-order valence-electron chi connectivity index (χ1n) is 8.82. The zero-order valence-electron chi connectivity index (χ0n) is 13.9. The van der Waals surface area contributed by atoms with Gasteiger partial charge in [0.05, 0.1) is 12.2 Å². The molecule has 1 aliphatic carbocycles. The molecule has 0 fully saturated rings. The van der Waals surface area contributed by atoms with Crippen LogP contribution in [0, 0.1) is 0 Å². The normalized spacial score (nSPS) is 14.0. The molecule has 0 amide bonds. The van der Waals surface area contributed by atoms with Gasteiger partial charge in [-0.3, -0.25) is 4.79 Å². The van der Waals surface area contributed by atoms with Gasteiger partial charge in [0.25, 0.3) is 0 Å². The van der Waals surface area contributed by atoms with E-state index in [1.807, 2.05) is 0 Å². The van der Waals surface area contributed by atoms with Crippen LogP contribution in [0.1, 0.15) is 77.6 Å². The fourth-order valence-electron chi connectivity index (χ4n) is 2.52. The molecule has 0 N–H and O–H groups in total. The Labute approximate surface area is 134 Å². The van der Waals surface area contributed by atoms with Crippen LogP contribution in [-0.4, -0.2) is 18.4 Å². The minimum absolute atomic E-state index is 0.0336. The SMILES string of the molecule is CCCCCCCCCCCCOC(=O)C1=CCC(=O)C=C1. The lowest BCUT2D eigenvalue weighted by Gasteiger charge is -2.07. The van der Waals surface area contributed by atoms with E-state index in [1.54, 1.807) is 12.2 Å². The van der Waals surface area contributed by atoms with Gasteiger partial charge in [-0.15, -0.1) is 0 Å². The fourth-order valence-corrected chi connectivity index (χ4v) is 2.52. The molecule has 1 aliphatic rings. The lowest BCUT2D eigenvalue weighted by molar-refractivity contribution is -0.138. The van der Waals surface area contributed by atoms with Crippen LogP contribution in [-0.2, 0) is 14.3 Å². The van der Waals surface area contributed by atoms with E-state index in [0.29, 0.717) is 18.6 Å². The minimum atomic E-state index is -0.306. The van der Waals surface area contributed by atoms with Crippen molar-refractivity contribution in [2.75, 3.05) is 6.61 Å². The van der Waals surface area contributed by atoms with Gasteiger partial charge < -0.3 is 4.74 Å². The first-order chi connectivity index (χ1) is 10.7. The van der Waals surface area contributed by atoms with Gasteiger partial charge in [-0.05, 0) is 18.6 Å². The molecule has 0 aliphatic heterocycles. The Balaban J connectivity index is 1.90. The number of unbranched alkanes of at least 4 members (excludes halogenated alkanes) is 9. The summed E-state index contributed by atoms with van der Waals surface area (Å²) in [5.41, 5.74) is 0.506. The first-order valence-corrected chi connectivity index (χ1v) is 8.82. The molecule has 0 atom stereocenters. The fraction of sp³-hybridized carbons (Fsp3) is 0.684. The van der Waals surface area contributed by atoms with Gasteiger partial charge in [0.2, 0.25) is 0 Å². The van der Waals surface area contributed by atoms with E-state index >= 15 is 0 Å². The van der Waals surface area contributed by atoms with E-state index in [0.717, 1.165) is 12.8 Å². The highest BCUT2D eigenvalue weighted by atomic mass is 16.5. The van der Waals surface area contributed by atoms with E-state index in [9.17, 15) is 9.59 Å². The number of rotatable bonds is 12. The number of carbonyl (C=O) groups is 2. The van der Waals surface area contributed by atoms with E-state index in [2.05, 4.69) is 6.92 Å². The Morgan fingerprint density at radius 1 is 0.955 bits per heavy atom. The van der Waals surface area contributed by atoms with Gasteiger partial charge >= 0.3 is 5.97 Å². The van der Waals surface area contributed by atoms with Crippen molar-refractivity contribution in [1.82, 2.24) is 0 Å². The van der Waals surface area contributed by atoms with Gasteiger partial charge in [-0.1, -0.05) is 70.8 Å². The average Bonchev–Trinajstić information content (AvgIpc) is 2.53. The van der Waals surface area contributed by atoms with Crippen molar-refractivity contribution < 1.29 is 14.3 Å². The second-order valence-corrected chi connectivity index (χ2v) is 5.98. The summed E-state index contributed by atoms with van der Waals surface area (Å²) >= 11 is 0. The molecular weight excluding hydrogens is 276 g/mol. The maximum atomic E-state index is 11.7. The second kappa shape index (κ2) is 12.2. The summed E-state index contributed by atoms with van der Waals surface area (Å²) in [6.07, 6.45) is 17.6. The monoisotopic (exact) mass is 306 g/mol. The molecule has 1 rings (SSSR count). The number of hydrogen-bond donors (Lipinski definition) is 0. The predicted molar refractivity (Wildman–Crippen MR) is 89.7 cm³/mol. The van der Waals surface area contributed by atoms with Crippen molar-refractivity contribution >= 4 is 11.8 Å². The number of carbonyl (C=O) groups excluding carboxylic acids is 2. The maximum Gasteiger partial charge on any atom is 0.337 e. The zero-order valence-corrected chi connectivity index (χ0v) is 13.9. The molecule has 0 aromatic heterocycles. The summed E-state index contributed by atoms with van der Waals surface area (Å²) in [4.78, 5) is 22.7. The smallest absolute Gasteiger partial charge is 0.337 e. The van der Waals surface area contributed by atoms with Crippen molar-refractivity contribution in [3.8, 4) is 0 Å². The van der Waals surface area contributed by atoms with Crippen molar-refractivity contribution in [2.45, 2.75) is 77.6 Å². The maximum absolute atomic E-state index is 11.7. The number of allylic oxidation sites excluding steroid dienone is 2. The average molecular weight is 306 g/mol.